The lowest BCUT2D eigenvalue weighted by molar-refractivity contribution is -0.115. The van der Waals surface area contributed by atoms with Crippen LogP contribution in [-0.2, 0) is 21.2 Å². The zero-order valence-corrected chi connectivity index (χ0v) is 19.5. The second kappa shape index (κ2) is 9.07. The van der Waals surface area contributed by atoms with Gasteiger partial charge in [-0.15, -0.1) is 0 Å². The molecule has 0 aliphatic heterocycles. The lowest BCUT2D eigenvalue weighted by atomic mass is 10.1. The highest BCUT2D eigenvalue weighted by Gasteiger charge is 2.27. The molecule has 1 heterocycles. The SMILES string of the molecule is CCN(c1ccccc1)S(=O)(=O)c1ccccc1NC(=O)Cc1noc2cc(C)c(C)cc12. The Hall–Kier alpha value is -3.65. The molecule has 4 aromatic rings. The molecule has 0 aliphatic carbocycles. The number of sulfonamides is 1. The number of carbonyl (C=O) groups excluding carboxylic acids is 1. The number of anilines is 2. The number of fused-ring (bicyclic) bond motifs is 1. The molecule has 0 bridgehead atoms. The number of rotatable bonds is 7. The van der Waals surface area contributed by atoms with E-state index in [1.165, 1.54) is 10.4 Å². The highest BCUT2D eigenvalue weighted by molar-refractivity contribution is 7.93. The Morgan fingerprint density at radius 3 is 2.39 bits per heavy atom. The highest BCUT2D eigenvalue weighted by Crippen LogP contribution is 2.29. The van der Waals surface area contributed by atoms with Crippen LogP contribution in [0.2, 0.25) is 0 Å². The lowest BCUT2D eigenvalue weighted by Gasteiger charge is -2.24. The van der Waals surface area contributed by atoms with E-state index in [-0.39, 0.29) is 29.5 Å². The van der Waals surface area contributed by atoms with Crippen molar-refractivity contribution in [1.29, 1.82) is 0 Å². The van der Waals surface area contributed by atoms with Crippen LogP contribution in [0.5, 0.6) is 0 Å². The van der Waals surface area contributed by atoms with Gasteiger partial charge in [0.15, 0.2) is 5.58 Å². The van der Waals surface area contributed by atoms with Gasteiger partial charge in [0, 0.05) is 11.9 Å². The molecule has 1 amide bonds. The minimum absolute atomic E-state index is 0.0283. The molecule has 0 saturated carbocycles. The van der Waals surface area contributed by atoms with E-state index in [2.05, 4.69) is 10.5 Å². The minimum atomic E-state index is -3.90. The summed E-state index contributed by atoms with van der Waals surface area (Å²) in [6.45, 7) is 5.98. The first-order chi connectivity index (χ1) is 15.8. The summed E-state index contributed by atoms with van der Waals surface area (Å²) in [5.74, 6) is -0.381. The van der Waals surface area contributed by atoms with Crippen molar-refractivity contribution in [1.82, 2.24) is 5.16 Å². The Labute approximate surface area is 193 Å². The predicted octanol–water partition coefficient (Wildman–Crippen LogP) is 4.84. The molecule has 0 aliphatic rings. The first kappa shape index (κ1) is 22.5. The number of benzene rings is 3. The van der Waals surface area contributed by atoms with Gasteiger partial charge in [0.25, 0.3) is 10.0 Å². The van der Waals surface area contributed by atoms with Crippen LogP contribution < -0.4 is 9.62 Å². The number of aryl methyl sites for hydroxylation is 2. The average Bonchev–Trinajstić information content (AvgIpc) is 3.16. The van der Waals surface area contributed by atoms with Gasteiger partial charge in [-0.2, -0.15) is 0 Å². The molecule has 1 aromatic heterocycles. The van der Waals surface area contributed by atoms with Gasteiger partial charge in [-0.05, 0) is 68.3 Å². The van der Waals surface area contributed by atoms with E-state index >= 15 is 0 Å². The molecule has 0 saturated heterocycles. The molecule has 0 unspecified atom stereocenters. The van der Waals surface area contributed by atoms with Crippen molar-refractivity contribution in [2.24, 2.45) is 0 Å². The molecule has 0 radical (unpaired) electrons. The third-order valence-electron chi connectivity index (χ3n) is 5.55. The number of para-hydroxylation sites is 2. The third-order valence-corrected chi connectivity index (χ3v) is 7.51. The van der Waals surface area contributed by atoms with Crippen LogP contribution in [-0.4, -0.2) is 26.0 Å². The summed E-state index contributed by atoms with van der Waals surface area (Å²) in [6, 6.07) is 19.1. The standard InChI is InChI=1S/C25H25N3O4S/c1-4-28(19-10-6-5-7-11-19)33(30,31)24-13-9-8-12-21(24)26-25(29)16-22-20-14-17(2)18(3)15-23(20)32-27-22/h5-15H,4,16H2,1-3H3,(H,26,29). The molecule has 0 spiro atoms. The second-order valence-electron chi connectivity index (χ2n) is 7.79. The van der Waals surface area contributed by atoms with Crippen molar-refractivity contribution in [3.8, 4) is 0 Å². The molecule has 170 valence electrons. The van der Waals surface area contributed by atoms with Gasteiger partial charge in [-0.1, -0.05) is 35.5 Å². The Morgan fingerprint density at radius 2 is 1.67 bits per heavy atom. The zero-order chi connectivity index (χ0) is 23.6. The van der Waals surface area contributed by atoms with Gasteiger partial charge in [0.2, 0.25) is 5.91 Å². The van der Waals surface area contributed by atoms with Crippen LogP contribution >= 0.6 is 0 Å². The summed E-state index contributed by atoms with van der Waals surface area (Å²) in [7, 11) is -3.90. The van der Waals surface area contributed by atoms with Crippen molar-refractivity contribution in [3.63, 3.8) is 0 Å². The van der Waals surface area contributed by atoms with Crippen LogP contribution in [0, 0.1) is 13.8 Å². The minimum Gasteiger partial charge on any atom is -0.356 e. The van der Waals surface area contributed by atoms with E-state index in [0.717, 1.165) is 16.5 Å². The van der Waals surface area contributed by atoms with Crippen molar-refractivity contribution in [2.45, 2.75) is 32.1 Å². The molecule has 4 rings (SSSR count). The lowest BCUT2D eigenvalue weighted by Crippen LogP contribution is -2.31. The monoisotopic (exact) mass is 463 g/mol. The molecular formula is C25H25N3O4S. The fraction of sp³-hybridized carbons (Fsp3) is 0.200. The topological polar surface area (TPSA) is 92.5 Å². The number of nitrogens with one attached hydrogen (secondary N) is 1. The molecule has 0 atom stereocenters. The summed E-state index contributed by atoms with van der Waals surface area (Å²) in [4.78, 5) is 12.9. The van der Waals surface area contributed by atoms with Crippen LogP contribution in [0.15, 0.2) is 76.1 Å². The molecule has 3 aromatic carbocycles. The molecular weight excluding hydrogens is 438 g/mol. The van der Waals surface area contributed by atoms with E-state index in [4.69, 9.17) is 4.52 Å². The van der Waals surface area contributed by atoms with Crippen molar-refractivity contribution in [3.05, 3.63) is 83.6 Å². The van der Waals surface area contributed by atoms with Crippen molar-refractivity contribution < 1.29 is 17.7 Å². The smallest absolute Gasteiger partial charge is 0.266 e. The van der Waals surface area contributed by atoms with Gasteiger partial charge >= 0.3 is 0 Å². The number of aromatic nitrogens is 1. The normalized spacial score (nSPS) is 11.5. The second-order valence-corrected chi connectivity index (χ2v) is 9.62. The molecule has 7 nitrogen and oxygen atoms in total. The fourth-order valence-corrected chi connectivity index (χ4v) is 5.34. The largest absolute Gasteiger partial charge is 0.356 e. The van der Waals surface area contributed by atoms with Gasteiger partial charge in [-0.3, -0.25) is 9.10 Å². The van der Waals surface area contributed by atoms with Crippen LogP contribution in [0.1, 0.15) is 23.7 Å². The number of hydrogen-bond donors (Lipinski definition) is 1. The van der Waals surface area contributed by atoms with Gasteiger partial charge in [-0.25, -0.2) is 8.42 Å². The first-order valence-electron chi connectivity index (χ1n) is 10.6. The van der Waals surface area contributed by atoms with Crippen LogP contribution in [0.3, 0.4) is 0 Å². The van der Waals surface area contributed by atoms with Crippen molar-refractivity contribution in [2.75, 3.05) is 16.2 Å². The highest BCUT2D eigenvalue weighted by atomic mass is 32.2. The van der Waals surface area contributed by atoms with Gasteiger partial charge in [0.05, 0.1) is 17.8 Å². The van der Waals surface area contributed by atoms with Gasteiger partial charge < -0.3 is 9.84 Å². The Bertz CT molecular complexity index is 1410. The summed E-state index contributed by atoms with van der Waals surface area (Å²) in [5, 5.41) is 7.57. The molecule has 0 fully saturated rings. The van der Waals surface area contributed by atoms with Crippen LogP contribution in [0.25, 0.3) is 11.0 Å². The third kappa shape index (κ3) is 4.47. The average molecular weight is 464 g/mol. The Balaban J connectivity index is 1.62. The number of nitrogens with zero attached hydrogens (tertiary/aromatic N) is 2. The fourth-order valence-electron chi connectivity index (χ4n) is 3.72. The molecule has 8 heteroatoms. The quantitative estimate of drug-likeness (QED) is 0.423. The maximum absolute atomic E-state index is 13.5. The molecule has 33 heavy (non-hydrogen) atoms. The van der Waals surface area contributed by atoms with E-state index < -0.39 is 10.0 Å². The molecule has 1 N–H and O–H groups in total. The van der Waals surface area contributed by atoms with E-state index in [0.29, 0.717) is 17.0 Å². The van der Waals surface area contributed by atoms with Crippen LogP contribution in [0.4, 0.5) is 11.4 Å². The van der Waals surface area contributed by atoms with E-state index in [1.54, 1.807) is 49.4 Å². The maximum atomic E-state index is 13.5. The summed E-state index contributed by atoms with van der Waals surface area (Å²) < 4.78 is 33.6. The number of carbonyl (C=O) groups is 1. The maximum Gasteiger partial charge on any atom is 0.266 e. The summed E-state index contributed by atoms with van der Waals surface area (Å²) in [6.07, 6.45) is -0.0416. The van der Waals surface area contributed by atoms with E-state index in [1.807, 2.05) is 32.0 Å². The van der Waals surface area contributed by atoms with E-state index in [9.17, 15) is 13.2 Å². The summed E-state index contributed by atoms with van der Waals surface area (Å²) in [5.41, 5.74) is 4.05. The number of hydrogen-bond acceptors (Lipinski definition) is 5. The zero-order valence-electron chi connectivity index (χ0n) is 18.7. The van der Waals surface area contributed by atoms with Crippen molar-refractivity contribution >= 4 is 38.3 Å². The van der Waals surface area contributed by atoms with Gasteiger partial charge in [0.1, 0.15) is 10.6 Å². The number of amides is 1. The predicted molar refractivity (Wildman–Crippen MR) is 129 cm³/mol. The first-order valence-corrected chi connectivity index (χ1v) is 12.1. The Morgan fingerprint density at radius 1 is 1.00 bits per heavy atom. The Kier molecular flexibility index (Phi) is 6.20. The summed E-state index contributed by atoms with van der Waals surface area (Å²) >= 11 is 0.